The van der Waals surface area contributed by atoms with Crippen LogP contribution in [0.1, 0.15) is 18.4 Å². The first kappa shape index (κ1) is 15.8. The van der Waals surface area contributed by atoms with Gasteiger partial charge in [-0.2, -0.15) is 5.06 Å². The highest BCUT2D eigenvalue weighted by Gasteiger charge is 2.18. The van der Waals surface area contributed by atoms with Crippen LogP contribution in [-0.4, -0.2) is 50.0 Å². The van der Waals surface area contributed by atoms with Crippen molar-refractivity contribution >= 4 is 6.29 Å². The normalized spacial score (nSPS) is 19.1. The molecule has 0 saturated carbocycles. The van der Waals surface area contributed by atoms with Crippen LogP contribution in [-0.2, 0) is 16.2 Å². The van der Waals surface area contributed by atoms with Gasteiger partial charge in [-0.25, -0.2) is 0 Å². The van der Waals surface area contributed by atoms with Crippen LogP contribution in [0.15, 0.2) is 30.3 Å². The van der Waals surface area contributed by atoms with Gasteiger partial charge in [-0.05, 0) is 32.0 Å². The van der Waals surface area contributed by atoms with E-state index in [4.69, 9.17) is 4.84 Å². The van der Waals surface area contributed by atoms with Gasteiger partial charge in [0, 0.05) is 14.1 Å². The summed E-state index contributed by atoms with van der Waals surface area (Å²) >= 11 is 0. The van der Waals surface area contributed by atoms with Gasteiger partial charge >= 0.3 is 0 Å². The number of likely N-dealkylation sites (tertiary alicyclic amines) is 1. The molecule has 0 bridgehead atoms. The van der Waals surface area contributed by atoms with E-state index in [-0.39, 0.29) is 6.04 Å². The molecule has 1 aliphatic rings. The number of hydrogen-bond acceptors (Lipinski definition) is 4. The van der Waals surface area contributed by atoms with Gasteiger partial charge in [0.15, 0.2) is 0 Å². The molecular weight excluding hydrogens is 240 g/mol. The summed E-state index contributed by atoms with van der Waals surface area (Å²) in [5.74, 6) is 0. The summed E-state index contributed by atoms with van der Waals surface area (Å²) in [6.07, 6.45) is 3.27. The highest BCUT2D eigenvalue weighted by molar-refractivity contribution is 5.57. The predicted octanol–water partition coefficient (Wildman–Crippen LogP) is 1.96. The summed E-state index contributed by atoms with van der Waals surface area (Å²) in [4.78, 5) is 17.5. The topological polar surface area (TPSA) is 32.8 Å². The fourth-order valence-electron chi connectivity index (χ4n) is 1.89. The van der Waals surface area contributed by atoms with E-state index in [1.165, 1.54) is 12.0 Å². The van der Waals surface area contributed by atoms with Crippen LogP contribution in [0, 0.1) is 0 Å². The Morgan fingerprint density at radius 1 is 1.37 bits per heavy atom. The smallest absolute Gasteiger partial charge is 0.137 e. The van der Waals surface area contributed by atoms with Gasteiger partial charge in [0.2, 0.25) is 0 Å². The molecule has 1 fully saturated rings. The number of carbonyl (C=O) groups is 1. The lowest BCUT2D eigenvalue weighted by Gasteiger charge is -2.10. The molecule has 2 rings (SSSR count). The summed E-state index contributed by atoms with van der Waals surface area (Å²) in [5.41, 5.74) is 1.20. The highest BCUT2D eigenvalue weighted by Crippen LogP contribution is 2.11. The Balaban J connectivity index is 0.000000200. The number of likely N-dealkylation sites (N-methyl/N-ethyl adjacent to an activating group) is 1. The second-order valence-electron chi connectivity index (χ2n) is 4.90. The molecule has 0 aliphatic carbocycles. The van der Waals surface area contributed by atoms with Crippen LogP contribution in [0.25, 0.3) is 0 Å². The number of nitrogens with zero attached hydrogens (tertiary/aromatic N) is 2. The van der Waals surface area contributed by atoms with Crippen LogP contribution in [0.5, 0.6) is 0 Å². The molecule has 0 unspecified atom stereocenters. The van der Waals surface area contributed by atoms with Crippen molar-refractivity contribution in [1.29, 1.82) is 0 Å². The fourth-order valence-corrected chi connectivity index (χ4v) is 1.89. The van der Waals surface area contributed by atoms with E-state index >= 15 is 0 Å². The van der Waals surface area contributed by atoms with Gasteiger partial charge in [0.25, 0.3) is 0 Å². The van der Waals surface area contributed by atoms with E-state index in [0.29, 0.717) is 6.61 Å². The number of aldehydes is 1. The Morgan fingerprint density at radius 3 is 2.47 bits per heavy atom. The van der Waals surface area contributed by atoms with Gasteiger partial charge in [-0.15, -0.1) is 0 Å². The Labute approximate surface area is 115 Å². The molecule has 1 aromatic rings. The Bertz CT molecular complexity index is 354. The molecule has 0 aromatic heterocycles. The summed E-state index contributed by atoms with van der Waals surface area (Å²) in [6.45, 7) is 1.73. The van der Waals surface area contributed by atoms with Crippen LogP contribution < -0.4 is 0 Å². The molecular formula is C15H24N2O2. The van der Waals surface area contributed by atoms with Gasteiger partial charge in [-0.3, -0.25) is 9.74 Å². The SMILES string of the molecule is CN(C)OCc1ccccc1.CN1CCC[C@H]1C=O. The number of benzene rings is 1. The van der Waals surface area contributed by atoms with E-state index in [9.17, 15) is 4.79 Å². The largest absolute Gasteiger partial charge is 0.302 e. The van der Waals surface area contributed by atoms with Crippen molar-refractivity contribution in [3.63, 3.8) is 0 Å². The van der Waals surface area contributed by atoms with E-state index in [0.717, 1.165) is 19.3 Å². The van der Waals surface area contributed by atoms with Crippen molar-refractivity contribution in [3.05, 3.63) is 35.9 Å². The van der Waals surface area contributed by atoms with Gasteiger partial charge in [0.05, 0.1) is 12.6 Å². The maximum atomic E-state index is 10.2. The molecule has 1 saturated heterocycles. The average Bonchev–Trinajstić information content (AvgIpc) is 2.84. The zero-order chi connectivity index (χ0) is 14.1. The van der Waals surface area contributed by atoms with Crippen LogP contribution in [0.4, 0.5) is 0 Å². The van der Waals surface area contributed by atoms with Crippen molar-refractivity contribution in [1.82, 2.24) is 9.96 Å². The highest BCUT2D eigenvalue weighted by atomic mass is 16.7. The molecule has 1 heterocycles. The minimum Gasteiger partial charge on any atom is -0.302 e. The number of rotatable bonds is 4. The molecule has 19 heavy (non-hydrogen) atoms. The molecule has 4 nitrogen and oxygen atoms in total. The quantitative estimate of drug-likeness (QED) is 0.615. The zero-order valence-electron chi connectivity index (χ0n) is 12.1. The average molecular weight is 264 g/mol. The molecule has 1 aromatic carbocycles. The maximum Gasteiger partial charge on any atom is 0.137 e. The van der Waals surface area contributed by atoms with Crippen molar-refractivity contribution in [2.45, 2.75) is 25.5 Å². The van der Waals surface area contributed by atoms with Gasteiger partial charge in [0.1, 0.15) is 6.29 Å². The molecule has 0 radical (unpaired) electrons. The zero-order valence-corrected chi connectivity index (χ0v) is 12.1. The minimum absolute atomic E-state index is 0.218. The molecule has 106 valence electrons. The van der Waals surface area contributed by atoms with Crippen molar-refractivity contribution < 1.29 is 9.63 Å². The second kappa shape index (κ2) is 8.80. The monoisotopic (exact) mass is 264 g/mol. The third-order valence-electron chi connectivity index (χ3n) is 3.07. The van der Waals surface area contributed by atoms with Crippen molar-refractivity contribution in [3.8, 4) is 0 Å². The molecule has 0 amide bonds. The van der Waals surface area contributed by atoms with Gasteiger partial charge in [-0.1, -0.05) is 30.3 Å². The summed E-state index contributed by atoms with van der Waals surface area (Å²) in [6, 6.07) is 10.3. The summed E-state index contributed by atoms with van der Waals surface area (Å²) in [7, 11) is 5.75. The Hall–Kier alpha value is -1.23. The van der Waals surface area contributed by atoms with E-state index in [1.54, 1.807) is 5.06 Å². The second-order valence-corrected chi connectivity index (χ2v) is 4.90. The van der Waals surface area contributed by atoms with E-state index in [2.05, 4.69) is 4.90 Å². The standard InChI is InChI=1S/C9H13NO.C6H11NO/c1-10(2)11-8-9-6-4-3-5-7-9;1-7-4-2-3-6(7)5-8/h3-7H,8H2,1-2H3;5-6H,2-4H2,1H3/t;6-/m.0/s1. The van der Waals surface area contributed by atoms with E-state index < -0.39 is 0 Å². The third kappa shape index (κ3) is 6.47. The lowest BCUT2D eigenvalue weighted by molar-refractivity contribution is -0.130. The number of hydrogen-bond donors (Lipinski definition) is 0. The first-order chi connectivity index (χ1) is 9.13. The predicted molar refractivity (Wildman–Crippen MR) is 76.6 cm³/mol. The Kier molecular flexibility index (Phi) is 7.33. The van der Waals surface area contributed by atoms with Crippen molar-refractivity contribution in [2.24, 2.45) is 0 Å². The maximum absolute atomic E-state index is 10.2. The lowest BCUT2D eigenvalue weighted by atomic mass is 10.2. The van der Waals surface area contributed by atoms with Crippen LogP contribution in [0.3, 0.4) is 0 Å². The minimum atomic E-state index is 0.218. The molecule has 0 spiro atoms. The number of hydroxylamine groups is 2. The lowest BCUT2D eigenvalue weighted by Crippen LogP contribution is -2.25. The first-order valence-corrected chi connectivity index (χ1v) is 6.63. The van der Waals surface area contributed by atoms with E-state index in [1.807, 2.05) is 51.5 Å². The molecule has 4 heteroatoms. The first-order valence-electron chi connectivity index (χ1n) is 6.63. The summed E-state index contributed by atoms with van der Waals surface area (Å²) < 4.78 is 0. The van der Waals surface area contributed by atoms with Crippen LogP contribution >= 0.6 is 0 Å². The van der Waals surface area contributed by atoms with Crippen LogP contribution in [0.2, 0.25) is 0 Å². The molecule has 1 aliphatic heterocycles. The van der Waals surface area contributed by atoms with Crippen molar-refractivity contribution in [2.75, 3.05) is 27.7 Å². The van der Waals surface area contributed by atoms with Gasteiger partial charge < -0.3 is 4.79 Å². The molecule has 1 atom stereocenters. The number of carbonyl (C=O) groups excluding carboxylic acids is 1. The third-order valence-corrected chi connectivity index (χ3v) is 3.07. The Morgan fingerprint density at radius 2 is 2.05 bits per heavy atom. The fraction of sp³-hybridized carbons (Fsp3) is 0.533. The molecule has 0 N–H and O–H groups in total. The summed E-state index contributed by atoms with van der Waals surface area (Å²) in [5, 5.41) is 1.70.